The zero-order chi connectivity index (χ0) is 25.3. The van der Waals surface area contributed by atoms with Gasteiger partial charge < -0.3 is 4.74 Å². The number of urea groups is 1. The number of barbiturate groups is 1. The highest BCUT2D eigenvalue weighted by Crippen LogP contribution is 2.36. The Morgan fingerprint density at radius 2 is 1.54 bits per heavy atom. The summed E-state index contributed by atoms with van der Waals surface area (Å²) in [5, 5.41) is 3.39. The Balaban J connectivity index is 1.60. The number of benzene rings is 3. The molecule has 0 radical (unpaired) electrons. The first-order chi connectivity index (χ1) is 16.6. The summed E-state index contributed by atoms with van der Waals surface area (Å²) in [4.78, 5) is 38.7. The van der Waals surface area contributed by atoms with E-state index in [0.29, 0.717) is 26.9 Å². The van der Waals surface area contributed by atoms with Crippen LogP contribution in [0.4, 0.5) is 10.5 Å². The van der Waals surface area contributed by atoms with Gasteiger partial charge in [0.25, 0.3) is 11.8 Å². The second-order valence-corrected chi connectivity index (χ2v) is 9.85. The molecule has 178 valence electrons. The maximum Gasteiger partial charge on any atom is 0.335 e. The number of amides is 4. The van der Waals surface area contributed by atoms with Crippen LogP contribution < -0.4 is 15.0 Å². The van der Waals surface area contributed by atoms with Crippen molar-refractivity contribution in [1.82, 2.24) is 5.32 Å². The number of carbonyl (C=O) groups excluding carboxylic acids is 3. The van der Waals surface area contributed by atoms with E-state index in [1.54, 1.807) is 42.5 Å². The number of imide groups is 2. The van der Waals surface area contributed by atoms with Crippen molar-refractivity contribution in [1.29, 1.82) is 0 Å². The largest absolute Gasteiger partial charge is 0.486 e. The summed E-state index contributed by atoms with van der Waals surface area (Å²) in [6.45, 7) is 0.0844. The van der Waals surface area contributed by atoms with Crippen LogP contribution in [0.15, 0.2) is 64.6 Å². The summed E-state index contributed by atoms with van der Waals surface area (Å²) in [6, 6.07) is 13.6. The van der Waals surface area contributed by atoms with Crippen molar-refractivity contribution in [2.45, 2.75) is 6.61 Å². The van der Waals surface area contributed by atoms with E-state index in [2.05, 4.69) is 21.2 Å². The van der Waals surface area contributed by atoms with Crippen LogP contribution in [0.1, 0.15) is 11.1 Å². The van der Waals surface area contributed by atoms with Gasteiger partial charge in [-0.1, -0.05) is 68.4 Å². The van der Waals surface area contributed by atoms with Crippen molar-refractivity contribution in [3.8, 4) is 5.75 Å². The Kier molecular flexibility index (Phi) is 7.73. The van der Waals surface area contributed by atoms with E-state index in [1.807, 2.05) is 0 Å². The number of halogens is 5. The summed E-state index contributed by atoms with van der Waals surface area (Å²) in [5.74, 6) is -1.42. The van der Waals surface area contributed by atoms with Crippen LogP contribution >= 0.6 is 62.3 Å². The molecule has 35 heavy (non-hydrogen) atoms. The molecule has 0 aromatic heterocycles. The molecule has 11 heteroatoms. The highest BCUT2D eigenvalue weighted by molar-refractivity contribution is 9.10. The standard InChI is InChI=1S/C24H13BrCl4N2O4/c25-14-2-5-16(6-3-14)31-23(33)17(22(32)30-24(31)34)7-12-8-19(28)21(20(29)9-12)35-11-13-1-4-15(26)10-18(13)27/h1-10H,11H2,(H,30,32,34)/b17-7+. The fourth-order valence-electron chi connectivity index (χ4n) is 3.24. The average Bonchev–Trinajstić information content (AvgIpc) is 2.78. The number of nitrogens with zero attached hydrogens (tertiary/aromatic N) is 1. The first-order valence-corrected chi connectivity index (χ1v) is 12.2. The Morgan fingerprint density at radius 1 is 0.886 bits per heavy atom. The second kappa shape index (κ2) is 10.6. The fraction of sp³-hybridized carbons (Fsp3) is 0.0417. The van der Waals surface area contributed by atoms with Crippen LogP contribution in [0.2, 0.25) is 20.1 Å². The summed E-state index contributed by atoms with van der Waals surface area (Å²) in [6.07, 6.45) is 1.30. The molecule has 0 bridgehead atoms. The van der Waals surface area contributed by atoms with Crippen LogP contribution in [0.25, 0.3) is 6.08 Å². The minimum atomic E-state index is -0.847. The summed E-state index contributed by atoms with van der Waals surface area (Å²) >= 11 is 28.1. The molecule has 1 saturated heterocycles. The molecule has 4 amide bonds. The number of carbonyl (C=O) groups is 3. The van der Waals surface area contributed by atoms with Crippen molar-refractivity contribution >= 4 is 91.9 Å². The molecule has 1 aliphatic heterocycles. The van der Waals surface area contributed by atoms with Crippen LogP contribution in [0.3, 0.4) is 0 Å². The highest BCUT2D eigenvalue weighted by atomic mass is 79.9. The summed E-state index contributed by atoms with van der Waals surface area (Å²) in [7, 11) is 0. The predicted octanol–water partition coefficient (Wildman–Crippen LogP) is 7.31. The van der Waals surface area contributed by atoms with Gasteiger partial charge in [0.1, 0.15) is 12.2 Å². The van der Waals surface area contributed by atoms with Gasteiger partial charge in [-0.2, -0.15) is 0 Å². The molecule has 1 heterocycles. The van der Waals surface area contributed by atoms with Crippen molar-refractivity contribution in [2.24, 2.45) is 0 Å². The molecular formula is C24H13BrCl4N2O4. The maximum atomic E-state index is 13.0. The van der Waals surface area contributed by atoms with Gasteiger partial charge in [-0.25, -0.2) is 9.69 Å². The van der Waals surface area contributed by atoms with Crippen molar-refractivity contribution in [2.75, 3.05) is 4.90 Å². The van der Waals surface area contributed by atoms with E-state index in [4.69, 9.17) is 51.1 Å². The van der Waals surface area contributed by atoms with Gasteiger partial charge in [-0.15, -0.1) is 0 Å². The van der Waals surface area contributed by atoms with Gasteiger partial charge in [0.15, 0.2) is 5.75 Å². The Labute approximate surface area is 228 Å². The van der Waals surface area contributed by atoms with Crippen LogP contribution in [0.5, 0.6) is 5.75 Å². The van der Waals surface area contributed by atoms with E-state index in [9.17, 15) is 14.4 Å². The average molecular weight is 615 g/mol. The molecule has 1 aliphatic rings. The molecule has 0 spiro atoms. The maximum absolute atomic E-state index is 13.0. The molecular weight excluding hydrogens is 602 g/mol. The minimum Gasteiger partial charge on any atom is -0.486 e. The molecule has 0 saturated carbocycles. The molecule has 0 unspecified atom stereocenters. The topological polar surface area (TPSA) is 75.7 Å². The Bertz CT molecular complexity index is 1370. The van der Waals surface area contributed by atoms with Gasteiger partial charge >= 0.3 is 6.03 Å². The smallest absolute Gasteiger partial charge is 0.335 e. The third-order valence-corrected chi connectivity index (χ3v) is 6.58. The zero-order valence-electron chi connectivity index (χ0n) is 17.5. The normalized spacial score (nSPS) is 14.9. The first kappa shape index (κ1) is 25.5. The lowest BCUT2D eigenvalue weighted by molar-refractivity contribution is -0.122. The molecule has 0 atom stereocenters. The fourth-order valence-corrected chi connectivity index (χ4v) is 4.58. The van der Waals surface area contributed by atoms with Crippen LogP contribution in [0, 0.1) is 0 Å². The molecule has 4 rings (SSSR count). The molecule has 0 aliphatic carbocycles. The molecule has 1 N–H and O–H groups in total. The quantitative estimate of drug-likeness (QED) is 0.242. The molecule has 1 fully saturated rings. The lowest BCUT2D eigenvalue weighted by atomic mass is 10.1. The van der Waals surface area contributed by atoms with Gasteiger partial charge in [0, 0.05) is 20.1 Å². The Morgan fingerprint density at radius 3 is 2.17 bits per heavy atom. The minimum absolute atomic E-state index is 0.0844. The predicted molar refractivity (Wildman–Crippen MR) is 140 cm³/mol. The van der Waals surface area contributed by atoms with Gasteiger partial charge in [-0.05, 0) is 60.2 Å². The van der Waals surface area contributed by atoms with Gasteiger partial charge in [-0.3, -0.25) is 14.9 Å². The van der Waals surface area contributed by atoms with Crippen molar-refractivity contribution in [3.63, 3.8) is 0 Å². The number of hydrogen-bond acceptors (Lipinski definition) is 4. The number of rotatable bonds is 5. The van der Waals surface area contributed by atoms with E-state index in [-0.39, 0.29) is 28.0 Å². The second-order valence-electron chi connectivity index (χ2n) is 7.27. The van der Waals surface area contributed by atoms with Crippen LogP contribution in [-0.4, -0.2) is 17.8 Å². The zero-order valence-corrected chi connectivity index (χ0v) is 22.1. The van der Waals surface area contributed by atoms with E-state index >= 15 is 0 Å². The first-order valence-electron chi connectivity index (χ1n) is 9.87. The number of nitrogens with one attached hydrogen (secondary N) is 1. The Hall–Kier alpha value is -2.55. The molecule has 6 nitrogen and oxygen atoms in total. The van der Waals surface area contributed by atoms with Crippen molar-refractivity contribution < 1.29 is 19.1 Å². The third-order valence-electron chi connectivity index (χ3n) is 4.91. The van der Waals surface area contributed by atoms with Gasteiger partial charge in [0.05, 0.1) is 15.7 Å². The van der Waals surface area contributed by atoms with Crippen LogP contribution in [-0.2, 0) is 16.2 Å². The number of hydrogen-bond donors (Lipinski definition) is 1. The molecule has 3 aromatic rings. The van der Waals surface area contributed by atoms with E-state index in [1.165, 1.54) is 18.2 Å². The highest BCUT2D eigenvalue weighted by Gasteiger charge is 2.36. The lowest BCUT2D eigenvalue weighted by Gasteiger charge is -2.26. The van der Waals surface area contributed by atoms with E-state index < -0.39 is 17.8 Å². The molecule has 3 aromatic carbocycles. The number of ether oxygens (including phenoxy) is 1. The van der Waals surface area contributed by atoms with E-state index in [0.717, 1.165) is 9.37 Å². The lowest BCUT2D eigenvalue weighted by Crippen LogP contribution is -2.54. The van der Waals surface area contributed by atoms with Crippen molar-refractivity contribution in [3.05, 3.63) is 95.9 Å². The SMILES string of the molecule is O=C1NC(=O)N(c2ccc(Br)cc2)C(=O)/C1=C/c1cc(Cl)c(OCc2ccc(Cl)cc2Cl)c(Cl)c1. The summed E-state index contributed by atoms with van der Waals surface area (Å²) in [5.41, 5.74) is 1.08. The van der Waals surface area contributed by atoms with Gasteiger partial charge in [0.2, 0.25) is 0 Å². The number of anilines is 1. The monoisotopic (exact) mass is 612 g/mol. The summed E-state index contributed by atoms with van der Waals surface area (Å²) < 4.78 is 6.51. The third kappa shape index (κ3) is 5.66.